The Balaban J connectivity index is 1.76. The first kappa shape index (κ1) is 23.7. The molecule has 0 radical (unpaired) electrons. The summed E-state index contributed by atoms with van der Waals surface area (Å²) >= 11 is 0. The molecule has 35 heavy (non-hydrogen) atoms. The minimum Gasteiger partial charge on any atom is -0.359 e. The average molecular weight is 471 g/mol. The van der Waals surface area contributed by atoms with Crippen LogP contribution in [0.5, 0.6) is 0 Å². The molecule has 2 amide bonds. The van der Waals surface area contributed by atoms with E-state index in [0.717, 1.165) is 21.3 Å². The van der Waals surface area contributed by atoms with Gasteiger partial charge in [0.25, 0.3) is 5.56 Å². The van der Waals surface area contributed by atoms with Crippen LogP contribution in [0.2, 0.25) is 0 Å². The lowest BCUT2D eigenvalue weighted by molar-refractivity contribution is -0.120. The van der Waals surface area contributed by atoms with Gasteiger partial charge in [-0.2, -0.15) is 0 Å². The van der Waals surface area contributed by atoms with E-state index in [4.69, 9.17) is 0 Å². The van der Waals surface area contributed by atoms with E-state index in [2.05, 4.69) is 10.6 Å². The molecule has 0 saturated heterocycles. The van der Waals surface area contributed by atoms with Crippen molar-refractivity contribution in [3.8, 4) is 5.69 Å². The molecular weight excluding hydrogens is 444 g/mol. The number of nitrogens with one attached hydrogen (secondary N) is 2. The quantitative estimate of drug-likeness (QED) is 0.452. The fourth-order valence-corrected chi connectivity index (χ4v) is 3.96. The Labute approximate surface area is 201 Å². The summed E-state index contributed by atoms with van der Waals surface area (Å²) in [5, 5.41) is 5.76. The van der Waals surface area contributed by atoms with E-state index < -0.39 is 11.2 Å². The van der Waals surface area contributed by atoms with E-state index in [9.17, 15) is 19.2 Å². The smallest absolute Gasteiger partial charge is 0.336 e. The number of benzene rings is 3. The minimum atomic E-state index is -0.621. The Hall–Kier alpha value is -4.46. The molecule has 0 aliphatic heterocycles. The van der Waals surface area contributed by atoms with Crippen LogP contribution in [0.25, 0.3) is 16.6 Å². The number of aryl methyl sites for hydroxylation is 1. The van der Waals surface area contributed by atoms with Crippen molar-refractivity contribution in [3.63, 3.8) is 0 Å². The number of anilines is 1. The Kier molecular flexibility index (Phi) is 6.64. The van der Waals surface area contributed by atoms with Crippen LogP contribution in [0.3, 0.4) is 0 Å². The van der Waals surface area contributed by atoms with Crippen molar-refractivity contribution < 1.29 is 9.59 Å². The molecule has 0 fully saturated rings. The summed E-state index contributed by atoms with van der Waals surface area (Å²) in [6.07, 6.45) is 0.187. The Bertz CT molecular complexity index is 1550. The first-order chi connectivity index (χ1) is 16.8. The summed E-state index contributed by atoms with van der Waals surface area (Å²) in [6.45, 7) is 3.61. The van der Waals surface area contributed by atoms with Crippen molar-refractivity contribution in [2.75, 3.05) is 12.4 Å². The van der Waals surface area contributed by atoms with E-state index in [0.29, 0.717) is 22.3 Å². The van der Waals surface area contributed by atoms with Crippen LogP contribution in [0.4, 0.5) is 5.69 Å². The lowest BCUT2D eigenvalue weighted by Crippen LogP contribution is -2.40. The van der Waals surface area contributed by atoms with Gasteiger partial charge in [0.2, 0.25) is 11.8 Å². The number of hydrogen-bond acceptors (Lipinski definition) is 4. The summed E-state index contributed by atoms with van der Waals surface area (Å²) in [6, 6.07) is 19.0. The normalized spacial score (nSPS) is 10.8. The zero-order valence-electron chi connectivity index (χ0n) is 19.8. The molecule has 0 saturated carbocycles. The van der Waals surface area contributed by atoms with Crippen molar-refractivity contribution in [3.05, 3.63) is 104 Å². The third-order valence-corrected chi connectivity index (χ3v) is 6.07. The van der Waals surface area contributed by atoms with Gasteiger partial charge in [-0.3, -0.25) is 19.0 Å². The standard InChI is InChI=1S/C27H26N4O4/c1-17-7-6-9-22(18(17)2)29-25(33)16-30-23-10-5-4-8-21(23)26(34)31(27(30)35)20-13-11-19(12-14-20)15-24(32)28-3/h4-14H,15-16H2,1-3H3,(H,28,32)(H,29,33). The highest BCUT2D eigenvalue weighted by Gasteiger charge is 2.17. The second kappa shape index (κ2) is 9.80. The maximum absolute atomic E-state index is 13.5. The highest BCUT2D eigenvalue weighted by molar-refractivity contribution is 5.92. The topological polar surface area (TPSA) is 102 Å². The molecule has 0 aliphatic carbocycles. The van der Waals surface area contributed by atoms with Crippen LogP contribution in [-0.2, 0) is 22.6 Å². The van der Waals surface area contributed by atoms with Gasteiger partial charge in [0.1, 0.15) is 6.54 Å². The molecule has 3 aromatic carbocycles. The Morgan fingerprint density at radius 1 is 0.857 bits per heavy atom. The number of para-hydroxylation sites is 1. The molecule has 4 rings (SSSR count). The van der Waals surface area contributed by atoms with E-state index >= 15 is 0 Å². The third kappa shape index (κ3) is 4.77. The number of nitrogens with zero attached hydrogens (tertiary/aromatic N) is 2. The summed E-state index contributed by atoms with van der Waals surface area (Å²) in [5.41, 5.74) is 3.04. The number of hydrogen-bond donors (Lipinski definition) is 2. The molecule has 0 spiro atoms. The number of rotatable bonds is 6. The maximum atomic E-state index is 13.5. The SMILES string of the molecule is CNC(=O)Cc1ccc(-n2c(=O)c3ccccc3n(CC(=O)Nc3cccc(C)c3C)c2=O)cc1. The number of fused-ring (bicyclic) bond motifs is 1. The van der Waals surface area contributed by atoms with Crippen molar-refractivity contribution >= 4 is 28.4 Å². The van der Waals surface area contributed by atoms with Gasteiger partial charge < -0.3 is 10.6 Å². The zero-order chi connectivity index (χ0) is 25.1. The molecule has 1 heterocycles. The van der Waals surface area contributed by atoms with Gasteiger partial charge in [-0.05, 0) is 60.9 Å². The van der Waals surface area contributed by atoms with Crippen LogP contribution in [0.15, 0.2) is 76.3 Å². The lowest BCUT2D eigenvalue weighted by atomic mass is 10.1. The highest BCUT2D eigenvalue weighted by Crippen LogP contribution is 2.18. The first-order valence-corrected chi connectivity index (χ1v) is 11.2. The zero-order valence-corrected chi connectivity index (χ0v) is 19.8. The van der Waals surface area contributed by atoms with Gasteiger partial charge in [-0.1, -0.05) is 36.4 Å². The van der Waals surface area contributed by atoms with Gasteiger partial charge in [-0.15, -0.1) is 0 Å². The van der Waals surface area contributed by atoms with Gasteiger partial charge in [0.15, 0.2) is 0 Å². The van der Waals surface area contributed by atoms with E-state index in [1.54, 1.807) is 55.6 Å². The van der Waals surface area contributed by atoms with E-state index in [-0.39, 0.29) is 24.8 Å². The monoisotopic (exact) mass is 470 g/mol. The Morgan fingerprint density at radius 2 is 1.57 bits per heavy atom. The number of amides is 2. The van der Waals surface area contributed by atoms with E-state index in [1.165, 1.54) is 4.57 Å². The molecule has 0 atom stereocenters. The number of carbonyl (C=O) groups excluding carboxylic acids is 2. The van der Waals surface area contributed by atoms with Crippen molar-refractivity contribution in [2.45, 2.75) is 26.8 Å². The van der Waals surface area contributed by atoms with Gasteiger partial charge in [0.05, 0.1) is 23.0 Å². The van der Waals surface area contributed by atoms with Gasteiger partial charge in [-0.25, -0.2) is 9.36 Å². The van der Waals surface area contributed by atoms with Crippen LogP contribution >= 0.6 is 0 Å². The molecule has 0 aliphatic rings. The molecule has 1 aromatic heterocycles. The third-order valence-electron chi connectivity index (χ3n) is 6.07. The van der Waals surface area contributed by atoms with Crippen molar-refractivity contribution in [1.82, 2.24) is 14.5 Å². The van der Waals surface area contributed by atoms with E-state index in [1.807, 2.05) is 32.0 Å². The molecule has 178 valence electrons. The molecule has 2 N–H and O–H groups in total. The summed E-state index contributed by atoms with van der Waals surface area (Å²) in [7, 11) is 1.56. The van der Waals surface area contributed by atoms with Crippen LogP contribution in [-0.4, -0.2) is 28.0 Å². The largest absolute Gasteiger partial charge is 0.359 e. The predicted molar refractivity (Wildman–Crippen MR) is 136 cm³/mol. The van der Waals surface area contributed by atoms with Gasteiger partial charge in [0, 0.05) is 12.7 Å². The molecule has 8 heteroatoms. The Morgan fingerprint density at radius 3 is 2.29 bits per heavy atom. The second-order valence-electron chi connectivity index (χ2n) is 8.34. The lowest BCUT2D eigenvalue weighted by Gasteiger charge is -2.15. The van der Waals surface area contributed by atoms with Crippen molar-refractivity contribution in [2.24, 2.45) is 0 Å². The second-order valence-corrected chi connectivity index (χ2v) is 8.34. The van der Waals surface area contributed by atoms with Gasteiger partial charge >= 0.3 is 5.69 Å². The fourth-order valence-electron chi connectivity index (χ4n) is 3.96. The first-order valence-electron chi connectivity index (χ1n) is 11.2. The number of likely N-dealkylation sites (N-methyl/N-ethyl adjacent to an activating group) is 1. The van der Waals surface area contributed by atoms with Crippen LogP contribution < -0.4 is 21.9 Å². The predicted octanol–water partition coefficient (Wildman–Crippen LogP) is 2.70. The summed E-state index contributed by atoms with van der Waals surface area (Å²) in [5.74, 6) is -0.519. The molecule has 0 bridgehead atoms. The summed E-state index contributed by atoms with van der Waals surface area (Å²) in [4.78, 5) is 51.4. The highest BCUT2D eigenvalue weighted by atomic mass is 16.2. The number of aromatic nitrogens is 2. The average Bonchev–Trinajstić information content (AvgIpc) is 2.85. The van der Waals surface area contributed by atoms with Crippen LogP contribution in [0.1, 0.15) is 16.7 Å². The maximum Gasteiger partial charge on any atom is 0.336 e. The van der Waals surface area contributed by atoms with Crippen LogP contribution in [0, 0.1) is 13.8 Å². The number of carbonyl (C=O) groups is 2. The molecule has 0 unspecified atom stereocenters. The fraction of sp³-hybridized carbons (Fsp3) is 0.185. The molecular formula is C27H26N4O4. The molecule has 4 aromatic rings. The minimum absolute atomic E-state index is 0.141. The van der Waals surface area contributed by atoms with Crippen molar-refractivity contribution in [1.29, 1.82) is 0 Å². The molecule has 8 nitrogen and oxygen atoms in total. The summed E-state index contributed by atoms with van der Waals surface area (Å²) < 4.78 is 2.35.